The van der Waals surface area contributed by atoms with Gasteiger partial charge in [0.05, 0.1) is 0 Å². The van der Waals surface area contributed by atoms with Crippen LogP contribution in [0.3, 0.4) is 0 Å². The van der Waals surface area contributed by atoms with E-state index in [9.17, 15) is 4.91 Å². The number of nitroso groups, excluding NO2 is 1. The lowest BCUT2D eigenvalue weighted by atomic mass is 9.77. The van der Waals surface area contributed by atoms with E-state index in [0.717, 1.165) is 6.42 Å². The van der Waals surface area contributed by atoms with Crippen molar-refractivity contribution in [2.75, 3.05) is 0 Å². The van der Waals surface area contributed by atoms with Crippen molar-refractivity contribution in [3.8, 4) is 0 Å². The molecule has 0 aliphatic heterocycles. The van der Waals surface area contributed by atoms with Gasteiger partial charge in [-0.2, -0.15) is 4.91 Å². The fraction of sp³-hybridized carbons (Fsp3) is 1.00. The van der Waals surface area contributed by atoms with Crippen LogP contribution in [-0.4, -0.2) is 5.54 Å². The van der Waals surface area contributed by atoms with Crippen LogP contribution in [0.25, 0.3) is 0 Å². The Hall–Kier alpha value is -0.400. The highest BCUT2D eigenvalue weighted by atomic mass is 16.3. The Morgan fingerprint density at radius 1 is 0.615 bits per heavy atom. The average Bonchev–Trinajstić information content (AvgIpc) is 2.66. The minimum absolute atomic E-state index is 0.336. The Balaban J connectivity index is 2.41. The van der Waals surface area contributed by atoms with Crippen LogP contribution >= 0.6 is 0 Å². The summed E-state index contributed by atoms with van der Waals surface area (Å²) in [5.41, 5.74) is -0.336. The molecule has 0 radical (unpaired) electrons. The molecule has 0 aromatic carbocycles. The molecule has 1 unspecified atom stereocenters. The van der Waals surface area contributed by atoms with Gasteiger partial charge in [-0.15, -0.1) is 0 Å². The third kappa shape index (κ3) is 10.7. The number of hydrogen-bond acceptors (Lipinski definition) is 2. The monoisotopic (exact) mass is 365 g/mol. The Bertz CT molecular complexity index is 310. The van der Waals surface area contributed by atoms with Crippen molar-refractivity contribution in [1.82, 2.24) is 0 Å². The molecule has 1 rings (SSSR count). The second kappa shape index (κ2) is 15.6. The Morgan fingerprint density at radius 2 is 0.885 bits per heavy atom. The van der Waals surface area contributed by atoms with Gasteiger partial charge in [0.15, 0.2) is 0 Å². The molecule has 1 saturated carbocycles. The van der Waals surface area contributed by atoms with E-state index in [-0.39, 0.29) is 5.54 Å². The summed E-state index contributed by atoms with van der Waals surface area (Å²) < 4.78 is 0. The summed E-state index contributed by atoms with van der Waals surface area (Å²) in [5.74, 6) is 0.496. The lowest BCUT2D eigenvalue weighted by Crippen LogP contribution is -2.31. The molecule has 0 bridgehead atoms. The molecule has 0 spiro atoms. The lowest BCUT2D eigenvalue weighted by molar-refractivity contribution is 0.240. The van der Waals surface area contributed by atoms with Crippen LogP contribution in [0.1, 0.15) is 142 Å². The predicted molar refractivity (Wildman–Crippen MR) is 116 cm³/mol. The fourth-order valence-electron chi connectivity index (χ4n) is 4.63. The van der Waals surface area contributed by atoms with Crippen LogP contribution in [0.5, 0.6) is 0 Å². The van der Waals surface area contributed by atoms with Crippen LogP contribution < -0.4 is 0 Å². The van der Waals surface area contributed by atoms with Gasteiger partial charge in [-0.25, -0.2) is 0 Å². The van der Waals surface area contributed by atoms with Crippen LogP contribution in [0.2, 0.25) is 0 Å². The van der Waals surface area contributed by atoms with E-state index in [1.807, 2.05) is 0 Å². The maximum absolute atomic E-state index is 11.5. The summed E-state index contributed by atoms with van der Waals surface area (Å²) in [6.45, 7) is 4.24. The lowest BCUT2D eigenvalue weighted by Gasteiger charge is -2.30. The van der Waals surface area contributed by atoms with E-state index < -0.39 is 0 Å². The highest BCUT2D eigenvalue weighted by Gasteiger charge is 2.33. The van der Waals surface area contributed by atoms with Gasteiger partial charge in [-0.3, -0.25) is 0 Å². The van der Waals surface area contributed by atoms with Crippen LogP contribution in [0, 0.1) is 10.8 Å². The third-order valence-corrected chi connectivity index (χ3v) is 6.91. The predicted octanol–water partition coefficient (Wildman–Crippen LogP) is 8.96. The normalized spacial score (nSPS) is 24.4. The molecule has 1 aliphatic carbocycles. The number of nitrogens with zero attached hydrogens (tertiary/aromatic N) is 1. The third-order valence-electron chi connectivity index (χ3n) is 6.91. The highest BCUT2D eigenvalue weighted by Crippen LogP contribution is 2.34. The van der Waals surface area contributed by atoms with Gasteiger partial charge >= 0.3 is 0 Å². The summed E-state index contributed by atoms with van der Waals surface area (Å²) in [6.07, 6.45) is 27.1. The van der Waals surface area contributed by atoms with Crippen molar-refractivity contribution in [2.45, 2.75) is 148 Å². The minimum Gasteiger partial charge on any atom is -0.150 e. The van der Waals surface area contributed by atoms with E-state index in [1.54, 1.807) is 0 Å². The van der Waals surface area contributed by atoms with Crippen molar-refractivity contribution in [2.24, 2.45) is 11.1 Å². The first kappa shape index (κ1) is 23.6. The Labute approximate surface area is 164 Å². The molecule has 0 aromatic rings. The molecule has 26 heavy (non-hydrogen) atoms. The Kier molecular flexibility index (Phi) is 14.2. The van der Waals surface area contributed by atoms with Gasteiger partial charge in [-0.1, -0.05) is 121 Å². The molecule has 154 valence electrons. The summed E-state index contributed by atoms with van der Waals surface area (Å²) >= 11 is 0. The van der Waals surface area contributed by atoms with E-state index in [2.05, 4.69) is 19.0 Å². The molecule has 2 nitrogen and oxygen atoms in total. The van der Waals surface area contributed by atoms with Crippen molar-refractivity contribution in [3.05, 3.63) is 4.91 Å². The number of hydrogen-bond donors (Lipinski definition) is 0. The Morgan fingerprint density at radius 3 is 1.12 bits per heavy atom. The summed E-state index contributed by atoms with van der Waals surface area (Å²) in [7, 11) is 0. The molecule has 0 saturated heterocycles. The van der Waals surface area contributed by atoms with Crippen LogP contribution in [0.15, 0.2) is 5.18 Å². The molecule has 1 atom stereocenters. The maximum Gasteiger partial charge on any atom is 0.102 e. The standard InChI is InChI=1S/C24H47NO/c1-3-24(2,25-26)23-21-19-17-15-13-11-9-7-5-4-6-8-10-12-14-16-18-20-22-23/h23H,3-22H2,1-2H3. The largest absolute Gasteiger partial charge is 0.150 e. The molecular formula is C24H47NO. The molecule has 2 heteroatoms. The first-order valence-electron chi connectivity index (χ1n) is 12.1. The molecule has 0 N–H and O–H groups in total. The molecule has 1 aliphatic rings. The van der Waals surface area contributed by atoms with Crippen LogP contribution in [-0.2, 0) is 0 Å². The van der Waals surface area contributed by atoms with Crippen molar-refractivity contribution < 1.29 is 0 Å². The second-order valence-corrected chi connectivity index (χ2v) is 9.09. The molecular weight excluding hydrogens is 318 g/mol. The summed E-state index contributed by atoms with van der Waals surface area (Å²) in [4.78, 5) is 11.5. The maximum atomic E-state index is 11.5. The van der Waals surface area contributed by atoms with Gasteiger partial charge in [0.1, 0.15) is 5.54 Å². The van der Waals surface area contributed by atoms with E-state index in [4.69, 9.17) is 0 Å². The van der Waals surface area contributed by atoms with Gasteiger partial charge in [0.25, 0.3) is 0 Å². The zero-order valence-corrected chi connectivity index (χ0v) is 18.1. The highest BCUT2D eigenvalue weighted by molar-refractivity contribution is 4.88. The molecule has 1 fully saturated rings. The van der Waals surface area contributed by atoms with Crippen LogP contribution in [0.4, 0.5) is 0 Å². The summed E-state index contributed by atoms with van der Waals surface area (Å²) in [5, 5.41) is 3.58. The topological polar surface area (TPSA) is 29.4 Å². The van der Waals surface area contributed by atoms with Gasteiger partial charge < -0.3 is 0 Å². The van der Waals surface area contributed by atoms with Crippen molar-refractivity contribution in [3.63, 3.8) is 0 Å². The fourth-order valence-corrected chi connectivity index (χ4v) is 4.63. The molecule has 0 aromatic heterocycles. The van der Waals surface area contributed by atoms with Gasteiger partial charge in [-0.05, 0) is 32.1 Å². The first-order chi connectivity index (χ1) is 12.7. The minimum atomic E-state index is -0.336. The van der Waals surface area contributed by atoms with Crippen molar-refractivity contribution in [1.29, 1.82) is 0 Å². The SMILES string of the molecule is CCC(C)(N=O)C1CCCCCCCCCCCCCCCCCCC1. The first-order valence-corrected chi connectivity index (χ1v) is 12.1. The second-order valence-electron chi connectivity index (χ2n) is 9.09. The van der Waals surface area contributed by atoms with E-state index in [0.29, 0.717) is 5.92 Å². The van der Waals surface area contributed by atoms with Gasteiger partial charge in [0, 0.05) is 0 Å². The molecule has 0 heterocycles. The average molecular weight is 366 g/mol. The van der Waals surface area contributed by atoms with E-state index >= 15 is 0 Å². The van der Waals surface area contributed by atoms with Gasteiger partial charge in [0.2, 0.25) is 0 Å². The van der Waals surface area contributed by atoms with Crippen molar-refractivity contribution >= 4 is 0 Å². The zero-order valence-electron chi connectivity index (χ0n) is 18.1. The zero-order chi connectivity index (χ0) is 18.9. The number of rotatable bonds is 3. The summed E-state index contributed by atoms with van der Waals surface area (Å²) in [6, 6.07) is 0. The smallest absolute Gasteiger partial charge is 0.102 e. The van der Waals surface area contributed by atoms with E-state index in [1.165, 1.54) is 122 Å². The molecule has 0 amide bonds. The quantitative estimate of drug-likeness (QED) is 0.459.